The molecule has 0 N–H and O–H groups in total. The van der Waals surface area contributed by atoms with Crippen molar-refractivity contribution >= 4 is 17.9 Å². The molecule has 3 amide bonds. The molecule has 2 fully saturated rings. The molecular weight excluding hydrogens is 308 g/mol. The standard InChI is InChI=1S/C18H20N2O4/c1-2-8-19-11-14(10-16(19)21)17(22)20-15(12-24-18(20)23)9-13-6-4-3-5-7-13/h2-7,14-15H,1,8-12H2/t14-,15-/m0/s1. The first-order valence-corrected chi connectivity index (χ1v) is 8.02. The summed E-state index contributed by atoms with van der Waals surface area (Å²) in [7, 11) is 0. The number of benzene rings is 1. The molecule has 2 aliphatic rings. The van der Waals surface area contributed by atoms with Gasteiger partial charge in [-0.25, -0.2) is 9.69 Å². The average molecular weight is 328 g/mol. The van der Waals surface area contributed by atoms with Crippen molar-refractivity contribution in [2.24, 2.45) is 5.92 Å². The van der Waals surface area contributed by atoms with Crippen molar-refractivity contribution in [3.05, 3.63) is 48.6 Å². The fraction of sp³-hybridized carbons (Fsp3) is 0.389. The molecule has 0 bridgehead atoms. The van der Waals surface area contributed by atoms with E-state index < -0.39 is 12.0 Å². The number of amides is 3. The van der Waals surface area contributed by atoms with Gasteiger partial charge in [-0.1, -0.05) is 36.4 Å². The lowest BCUT2D eigenvalue weighted by atomic mass is 10.0. The maximum absolute atomic E-state index is 12.8. The predicted octanol–water partition coefficient (Wildman–Crippen LogP) is 1.61. The van der Waals surface area contributed by atoms with Crippen LogP contribution in [0, 0.1) is 5.92 Å². The summed E-state index contributed by atoms with van der Waals surface area (Å²) in [5.41, 5.74) is 1.04. The number of hydrogen-bond donors (Lipinski definition) is 0. The van der Waals surface area contributed by atoms with Crippen molar-refractivity contribution in [2.45, 2.75) is 18.9 Å². The molecule has 2 aliphatic heterocycles. The van der Waals surface area contributed by atoms with E-state index in [1.54, 1.807) is 11.0 Å². The lowest BCUT2D eigenvalue weighted by Crippen LogP contribution is -2.44. The second kappa shape index (κ2) is 6.86. The van der Waals surface area contributed by atoms with Gasteiger partial charge in [0.05, 0.1) is 12.0 Å². The summed E-state index contributed by atoms with van der Waals surface area (Å²) < 4.78 is 5.08. The molecule has 0 aliphatic carbocycles. The Balaban J connectivity index is 1.71. The molecule has 2 atom stereocenters. The minimum absolute atomic E-state index is 0.0829. The van der Waals surface area contributed by atoms with Crippen LogP contribution >= 0.6 is 0 Å². The number of ether oxygens (including phenoxy) is 1. The maximum Gasteiger partial charge on any atom is 0.416 e. The molecule has 0 aromatic heterocycles. The molecule has 126 valence electrons. The van der Waals surface area contributed by atoms with Gasteiger partial charge in [-0.15, -0.1) is 6.58 Å². The van der Waals surface area contributed by atoms with E-state index in [4.69, 9.17) is 4.74 Å². The Morgan fingerprint density at radius 1 is 1.29 bits per heavy atom. The molecule has 0 saturated carbocycles. The molecule has 6 nitrogen and oxygen atoms in total. The van der Waals surface area contributed by atoms with Crippen molar-refractivity contribution < 1.29 is 19.1 Å². The largest absolute Gasteiger partial charge is 0.447 e. The number of nitrogens with zero attached hydrogens (tertiary/aromatic N) is 2. The second-order valence-corrected chi connectivity index (χ2v) is 6.12. The molecule has 0 unspecified atom stereocenters. The van der Waals surface area contributed by atoms with Crippen LogP contribution in [0.4, 0.5) is 4.79 Å². The van der Waals surface area contributed by atoms with Gasteiger partial charge in [-0.2, -0.15) is 0 Å². The minimum Gasteiger partial charge on any atom is -0.447 e. The zero-order valence-corrected chi connectivity index (χ0v) is 13.4. The van der Waals surface area contributed by atoms with E-state index in [9.17, 15) is 14.4 Å². The van der Waals surface area contributed by atoms with Gasteiger partial charge >= 0.3 is 6.09 Å². The molecule has 1 aromatic rings. The fourth-order valence-electron chi connectivity index (χ4n) is 3.23. The first-order chi connectivity index (χ1) is 11.6. The van der Waals surface area contributed by atoms with Gasteiger partial charge in [0.1, 0.15) is 6.61 Å². The van der Waals surface area contributed by atoms with Gasteiger partial charge in [0.25, 0.3) is 0 Å². The van der Waals surface area contributed by atoms with Gasteiger partial charge in [-0.05, 0) is 12.0 Å². The van der Waals surface area contributed by atoms with Crippen LogP contribution in [0.2, 0.25) is 0 Å². The SMILES string of the molecule is C=CCN1C[C@@H](C(=O)N2C(=O)OC[C@@H]2Cc2ccccc2)CC1=O. The van der Waals surface area contributed by atoms with E-state index in [1.165, 1.54) is 4.90 Å². The van der Waals surface area contributed by atoms with Crippen molar-refractivity contribution in [1.82, 2.24) is 9.80 Å². The normalized spacial score (nSPS) is 23.5. The topological polar surface area (TPSA) is 66.9 Å². The van der Waals surface area contributed by atoms with Crippen LogP contribution in [-0.2, 0) is 20.7 Å². The van der Waals surface area contributed by atoms with Crippen LogP contribution < -0.4 is 0 Å². The molecule has 1 aromatic carbocycles. The monoisotopic (exact) mass is 328 g/mol. The van der Waals surface area contributed by atoms with Crippen LogP contribution in [0.5, 0.6) is 0 Å². The van der Waals surface area contributed by atoms with Gasteiger partial charge in [0.2, 0.25) is 11.8 Å². The fourth-order valence-corrected chi connectivity index (χ4v) is 3.23. The first kappa shape index (κ1) is 16.2. The number of carbonyl (C=O) groups excluding carboxylic acids is 3. The van der Waals surface area contributed by atoms with Gasteiger partial charge < -0.3 is 9.64 Å². The van der Waals surface area contributed by atoms with Crippen LogP contribution in [0.1, 0.15) is 12.0 Å². The summed E-state index contributed by atoms with van der Waals surface area (Å²) >= 11 is 0. The van der Waals surface area contributed by atoms with E-state index in [1.807, 2.05) is 30.3 Å². The average Bonchev–Trinajstić information content (AvgIpc) is 3.12. The Kier molecular flexibility index (Phi) is 4.64. The summed E-state index contributed by atoms with van der Waals surface area (Å²) in [5.74, 6) is -0.903. The molecule has 2 heterocycles. The van der Waals surface area contributed by atoms with Crippen LogP contribution in [0.15, 0.2) is 43.0 Å². The molecule has 24 heavy (non-hydrogen) atoms. The minimum atomic E-state index is -0.615. The van der Waals surface area contributed by atoms with Crippen LogP contribution in [0.3, 0.4) is 0 Å². The van der Waals surface area contributed by atoms with Crippen molar-refractivity contribution in [3.63, 3.8) is 0 Å². The number of likely N-dealkylation sites (tertiary alicyclic amines) is 1. The number of cyclic esters (lactones) is 1. The highest BCUT2D eigenvalue weighted by Crippen LogP contribution is 2.25. The lowest BCUT2D eigenvalue weighted by molar-refractivity contribution is -0.134. The zero-order valence-electron chi connectivity index (χ0n) is 13.4. The number of imide groups is 1. The van der Waals surface area contributed by atoms with Gasteiger partial charge in [-0.3, -0.25) is 9.59 Å². The molecule has 3 rings (SSSR count). The van der Waals surface area contributed by atoms with E-state index in [0.717, 1.165) is 5.56 Å². The van der Waals surface area contributed by atoms with Crippen molar-refractivity contribution in [2.75, 3.05) is 19.7 Å². The van der Waals surface area contributed by atoms with Crippen molar-refractivity contribution in [1.29, 1.82) is 0 Å². The summed E-state index contributed by atoms with van der Waals surface area (Å²) in [6, 6.07) is 9.34. The van der Waals surface area contributed by atoms with Gasteiger partial charge in [0, 0.05) is 19.5 Å². The summed E-state index contributed by atoms with van der Waals surface area (Å²) in [5, 5.41) is 0. The molecule has 2 saturated heterocycles. The highest BCUT2D eigenvalue weighted by Gasteiger charge is 2.44. The number of carbonyl (C=O) groups is 3. The smallest absolute Gasteiger partial charge is 0.416 e. The summed E-state index contributed by atoms with van der Waals surface area (Å²) in [6.07, 6.45) is 1.70. The van der Waals surface area contributed by atoms with E-state index in [2.05, 4.69) is 6.58 Å². The Labute approximate surface area is 140 Å². The number of rotatable bonds is 5. The third-order valence-corrected chi connectivity index (χ3v) is 4.43. The van der Waals surface area contributed by atoms with Crippen LogP contribution in [0.25, 0.3) is 0 Å². The molecule has 6 heteroatoms. The van der Waals surface area contributed by atoms with Crippen LogP contribution in [-0.4, -0.2) is 53.4 Å². The zero-order chi connectivity index (χ0) is 17.1. The summed E-state index contributed by atoms with van der Waals surface area (Å²) in [4.78, 5) is 39.5. The Morgan fingerprint density at radius 2 is 2.04 bits per heavy atom. The van der Waals surface area contributed by atoms with Crippen molar-refractivity contribution in [3.8, 4) is 0 Å². The molecule has 0 spiro atoms. The van der Waals surface area contributed by atoms with E-state index in [0.29, 0.717) is 19.5 Å². The third-order valence-electron chi connectivity index (χ3n) is 4.43. The Bertz CT molecular complexity index is 658. The highest BCUT2D eigenvalue weighted by atomic mass is 16.6. The van der Waals surface area contributed by atoms with Gasteiger partial charge in [0.15, 0.2) is 0 Å². The Morgan fingerprint density at radius 3 is 2.75 bits per heavy atom. The second-order valence-electron chi connectivity index (χ2n) is 6.12. The predicted molar refractivity (Wildman–Crippen MR) is 87.0 cm³/mol. The number of hydrogen-bond acceptors (Lipinski definition) is 4. The molecular formula is C18H20N2O4. The summed E-state index contributed by atoms with van der Waals surface area (Å²) in [6.45, 7) is 4.55. The van der Waals surface area contributed by atoms with E-state index in [-0.39, 0.29) is 30.9 Å². The molecule has 0 radical (unpaired) electrons. The first-order valence-electron chi connectivity index (χ1n) is 8.02. The lowest BCUT2D eigenvalue weighted by Gasteiger charge is -2.22. The third kappa shape index (κ3) is 3.18. The highest BCUT2D eigenvalue weighted by molar-refractivity contribution is 5.98. The quantitative estimate of drug-likeness (QED) is 0.770. The maximum atomic E-state index is 12.8. The Hall–Kier alpha value is -2.63. The van der Waals surface area contributed by atoms with E-state index >= 15 is 0 Å².